The summed E-state index contributed by atoms with van der Waals surface area (Å²) in [4.78, 5) is 136. The van der Waals surface area contributed by atoms with Gasteiger partial charge in [-0.25, -0.2) is 4.79 Å². The van der Waals surface area contributed by atoms with Crippen molar-refractivity contribution >= 4 is 64.9 Å². The fraction of sp³-hybridized carbons (Fsp3) is 0.473. The first kappa shape index (κ1) is 75.3. The second-order valence-electron chi connectivity index (χ2n) is 29.5. The van der Waals surface area contributed by atoms with E-state index in [-0.39, 0.29) is 91.7 Å². The van der Waals surface area contributed by atoms with Gasteiger partial charge in [-0.15, -0.1) is 0 Å². The van der Waals surface area contributed by atoms with Crippen LogP contribution in [0.5, 0.6) is 46.0 Å². The van der Waals surface area contributed by atoms with Crippen LogP contribution in [0.3, 0.4) is 0 Å². The SMILES string of the molecule is CN[C@H](CC(C)C)C(=O)N[C@H]1C(=O)N[C@@H](CC(=O)NC(=O)NC2CC2)C(=O)N[C@H]2C(=O)N[C@H]3C(=O)N[C@H](C(=O)N[C@H](C(=O)NC4C5CC6CC(C5)CC4C6)c4cc(O)cc(O)c4-c4cc3ccc4O)[C@H](O)c3ccc(c(Cl)c3)Oc3cc2cc(c3O[C@@H]2O[C@H](CN)[C@@H](O)[C@H](O)[C@H]2O)Oc2ccc(cc2C)[C@H]1O. The fourth-order valence-corrected chi connectivity index (χ4v) is 16.2. The Bertz CT molecular complexity index is 4340. The van der Waals surface area contributed by atoms with E-state index in [2.05, 4.69) is 53.2 Å². The van der Waals surface area contributed by atoms with Gasteiger partial charge >= 0.3 is 6.03 Å². The third-order valence-electron chi connectivity index (χ3n) is 21.4. The first-order valence-electron chi connectivity index (χ1n) is 35.7. The lowest BCUT2D eigenvalue weighted by Gasteiger charge is -2.54. The van der Waals surface area contributed by atoms with E-state index in [4.69, 9.17) is 36.3 Å². The number of hydrogen-bond donors (Lipinski definition) is 19. The number of rotatable bonds is 13. The van der Waals surface area contributed by atoms with E-state index in [9.17, 15) is 55.2 Å². The molecule has 1 saturated heterocycles. The van der Waals surface area contributed by atoms with Crippen LogP contribution in [-0.4, -0.2) is 175 Å². The number of aliphatic hydroxyl groups is 5. The lowest BCUT2D eigenvalue weighted by atomic mass is 9.54. The highest BCUT2D eigenvalue weighted by molar-refractivity contribution is 6.32. The van der Waals surface area contributed by atoms with Crippen molar-refractivity contribution in [1.29, 1.82) is 0 Å². The standard InChI is InChI=1S/C74H86ClN11O21/c1-28(2)13-43(77-4)66(96)85-58-60(91)33-6-11-47(29(3)14-33)104-49-22-37-23-50(65(49)107-73-64(95)63(94)62(93)51(27-76)106-73)105-48-12-7-34(21-42(48)75)61(92)59-72(102)84-57(70(100)81-54-35-16-30-15-31(18-35)19-36(54)17-30)41-24-39(87)25-46(89)53(41)40-20-32(5-10-45(40)88)55(68(98)86-59)83-69(99)56(37)82-67(97)44(79-71(58)101)26-52(90)80-74(103)78-38-8-9-38/h5-7,10-12,14,20-25,28,30-31,35-36,38,43-44,51,54-64,73,77,87-89,91-95H,8-9,13,15-19,26-27,76H2,1-4H3,(H,79,101)(H,81,100)(H,82,97)(H,83,99)(H,84,102)(H,85,96)(H,86,98)(H2,78,80,90,103)/t30?,31?,35?,36?,43-,44+,51-,54?,55-,56-,57+,58-,59+,60-,61-,62-,63+,64-,73+/m1/s1. The summed E-state index contributed by atoms with van der Waals surface area (Å²) in [6.07, 6.45) is -8.48. The molecule has 5 aliphatic carbocycles. The molecule has 11 aliphatic rings. The van der Waals surface area contributed by atoms with Crippen LogP contribution in [-0.2, 0) is 43.1 Å². The van der Waals surface area contributed by atoms with E-state index >= 15 is 28.8 Å². The van der Waals surface area contributed by atoms with Gasteiger partial charge in [-0.05, 0) is 183 Å². The molecule has 15 bridgehead atoms. The molecule has 0 unspecified atom stereocenters. The van der Waals surface area contributed by atoms with Crippen LogP contribution in [0.25, 0.3) is 11.1 Å². The number of nitrogens with one attached hydrogen (secondary N) is 10. The number of halogens is 1. The number of aliphatic hydroxyl groups excluding tert-OH is 5. The van der Waals surface area contributed by atoms with Crippen LogP contribution in [0.1, 0.15) is 135 Å². The number of ether oxygens (including phenoxy) is 4. The molecule has 33 heteroatoms. The Balaban J connectivity index is 1.00. The highest BCUT2D eigenvalue weighted by Crippen LogP contribution is 2.55. The number of amides is 10. The molecule has 0 radical (unpaired) electrons. The number of fused-ring (bicyclic) bond motifs is 15. The molecule has 5 aromatic carbocycles. The summed E-state index contributed by atoms with van der Waals surface area (Å²) >= 11 is 7.15. The Morgan fingerprint density at radius 3 is 1.93 bits per heavy atom. The number of imide groups is 1. The van der Waals surface area contributed by atoms with Crippen molar-refractivity contribution in [3.8, 4) is 57.1 Å². The Labute approximate surface area is 617 Å². The average Bonchev–Trinajstić information content (AvgIpc) is 1.48. The van der Waals surface area contributed by atoms with Crippen LogP contribution in [0.15, 0.2) is 78.9 Å². The van der Waals surface area contributed by atoms with Gasteiger partial charge in [0.2, 0.25) is 59.3 Å². The van der Waals surface area contributed by atoms with E-state index < -0.39 is 192 Å². The zero-order valence-electron chi connectivity index (χ0n) is 58.5. The quantitative estimate of drug-likeness (QED) is 0.0800. The maximum atomic E-state index is 16.3. The highest BCUT2D eigenvalue weighted by atomic mass is 35.5. The molecule has 10 amide bonds. The number of carbonyl (C=O) groups is 9. The Morgan fingerprint density at radius 1 is 0.645 bits per heavy atom. The molecule has 6 heterocycles. The Hall–Kier alpha value is -9.90. The molecule has 16 rings (SSSR count). The molecule has 570 valence electrons. The number of likely N-dealkylation sites (N-methyl/N-ethyl adjacent to an activating group) is 1. The largest absolute Gasteiger partial charge is 0.508 e. The molecule has 14 atom stereocenters. The van der Waals surface area contributed by atoms with Gasteiger partial charge < -0.3 is 113 Å². The number of benzene rings is 5. The summed E-state index contributed by atoms with van der Waals surface area (Å²) in [5.74, 6) is -12.3. The molecular weight excluding hydrogens is 1410 g/mol. The minimum atomic E-state index is -2.30. The number of carbonyl (C=O) groups excluding carboxylic acids is 9. The zero-order valence-corrected chi connectivity index (χ0v) is 59.3. The lowest BCUT2D eigenvalue weighted by molar-refractivity contribution is -0.270. The van der Waals surface area contributed by atoms with E-state index in [1.54, 1.807) is 0 Å². The van der Waals surface area contributed by atoms with Gasteiger partial charge in [0, 0.05) is 35.8 Å². The number of phenolic OH excluding ortho intramolecular Hbond substituents is 3. The molecule has 6 fully saturated rings. The average molecular weight is 1500 g/mol. The number of urea groups is 1. The van der Waals surface area contributed by atoms with Crippen LogP contribution < -0.4 is 73.1 Å². The number of hydrogen-bond acceptors (Lipinski definition) is 23. The van der Waals surface area contributed by atoms with E-state index in [0.29, 0.717) is 24.7 Å². The summed E-state index contributed by atoms with van der Waals surface area (Å²) in [7, 11) is 1.50. The maximum absolute atomic E-state index is 16.3. The Morgan fingerprint density at radius 2 is 1.28 bits per heavy atom. The normalized spacial score (nSPS) is 29.8. The van der Waals surface area contributed by atoms with Crippen LogP contribution in [0.2, 0.25) is 5.02 Å². The van der Waals surface area contributed by atoms with Crippen molar-refractivity contribution in [1.82, 2.24) is 53.2 Å². The van der Waals surface area contributed by atoms with E-state index in [1.807, 2.05) is 13.8 Å². The molecule has 107 heavy (non-hydrogen) atoms. The number of aryl methyl sites for hydroxylation is 1. The first-order valence-corrected chi connectivity index (χ1v) is 36.0. The smallest absolute Gasteiger partial charge is 0.321 e. The topological polar surface area (TPSA) is 499 Å². The number of nitrogens with two attached hydrogens (primary N) is 1. The van der Waals surface area contributed by atoms with Crippen molar-refractivity contribution in [2.75, 3.05) is 13.6 Å². The summed E-state index contributed by atoms with van der Waals surface area (Å²) in [6, 6.07) is -0.00858. The van der Waals surface area contributed by atoms with E-state index in [1.165, 1.54) is 50.4 Å². The first-order chi connectivity index (χ1) is 51.0. The minimum absolute atomic E-state index is 0.0212. The van der Waals surface area contributed by atoms with Gasteiger partial charge in [-0.3, -0.25) is 43.7 Å². The maximum Gasteiger partial charge on any atom is 0.321 e. The predicted molar refractivity (Wildman–Crippen MR) is 376 cm³/mol. The molecule has 20 N–H and O–H groups in total. The van der Waals surface area contributed by atoms with Gasteiger partial charge in [0.25, 0.3) is 0 Å². The van der Waals surface area contributed by atoms with Crippen LogP contribution in [0.4, 0.5) is 4.79 Å². The third kappa shape index (κ3) is 15.8. The number of aromatic hydroxyl groups is 3. The van der Waals surface area contributed by atoms with Gasteiger partial charge in [0.05, 0.1) is 17.5 Å². The second kappa shape index (κ2) is 30.8. The highest BCUT2D eigenvalue weighted by Gasteiger charge is 2.51. The van der Waals surface area contributed by atoms with Crippen molar-refractivity contribution in [2.45, 2.75) is 176 Å². The zero-order chi connectivity index (χ0) is 76.3. The molecule has 0 aromatic heterocycles. The predicted octanol–water partition coefficient (Wildman–Crippen LogP) is 1.85. The monoisotopic (exact) mass is 1500 g/mol. The number of phenols is 3. The summed E-state index contributed by atoms with van der Waals surface area (Å²) in [5.41, 5.74) is 4.35. The summed E-state index contributed by atoms with van der Waals surface area (Å²) in [5, 5.41) is 120. The Kier molecular flexibility index (Phi) is 21.7. The van der Waals surface area contributed by atoms with Gasteiger partial charge in [0.15, 0.2) is 11.5 Å². The van der Waals surface area contributed by atoms with Gasteiger partial charge in [-0.2, -0.15) is 0 Å². The molecule has 5 saturated carbocycles. The molecular formula is C74H86ClN11O21. The van der Waals surface area contributed by atoms with Crippen molar-refractivity contribution < 1.29 is 103 Å². The molecule has 0 spiro atoms. The fourth-order valence-electron chi connectivity index (χ4n) is 16.0. The summed E-state index contributed by atoms with van der Waals surface area (Å²) in [6.45, 7) is 4.77. The van der Waals surface area contributed by atoms with Crippen molar-refractivity contribution in [2.24, 2.45) is 35.3 Å². The molecule has 6 aliphatic heterocycles. The third-order valence-corrected chi connectivity index (χ3v) is 21.7. The molecule has 32 nitrogen and oxygen atoms in total. The van der Waals surface area contributed by atoms with Crippen LogP contribution in [0, 0.1) is 36.5 Å². The van der Waals surface area contributed by atoms with Gasteiger partial charge in [0.1, 0.15) is 102 Å². The second-order valence-corrected chi connectivity index (χ2v) is 29.9. The van der Waals surface area contributed by atoms with Crippen LogP contribution >= 0.6 is 11.6 Å². The lowest BCUT2D eigenvalue weighted by Crippen LogP contribution is -2.60. The minimum Gasteiger partial charge on any atom is -0.508 e. The van der Waals surface area contributed by atoms with Crippen molar-refractivity contribution in [3.63, 3.8) is 0 Å². The van der Waals surface area contributed by atoms with Crippen molar-refractivity contribution in [3.05, 3.63) is 117 Å². The van der Waals surface area contributed by atoms with Gasteiger partial charge in [-0.1, -0.05) is 43.6 Å². The molecule has 5 aromatic rings. The van der Waals surface area contributed by atoms with E-state index in [0.717, 1.165) is 74.6 Å². The summed E-state index contributed by atoms with van der Waals surface area (Å²) < 4.78 is 25.8.